The van der Waals surface area contributed by atoms with Gasteiger partial charge in [0, 0.05) is 31.6 Å². The summed E-state index contributed by atoms with van der Waals surface area (Å²) in [5, 5.41) is 11.8. The number of piperidine rings is 3. The van der Waals surface area contributed by atoms with Gasteiger partial charge in [-0.1, -0.05) is 18.0 Å². The summed E-state index contributed by atoms with van der Waals surface area (Å²) >= 11 is 5.81. The molecule has 4 heterocycles. The second-order valence-electron chi connectivity index (χ2n) is 8.22. The van der Waals surface area contributed by atoms with E-state index in [2.05, 4.69) is 25.3 Å². The summed E-state index contributed by atoms with van der Waals surface area (Å²) in [7, 11) is 0. The van der Waals surface area contributed by atoms with Crippen LogP contribution in [0.3, 0.4) is 0 Å². The molecule has 3 saturated heterocycles. The molecule has 3 aliphatic heterocycles. The average Bonchev–Trinajstić information content (AvgIpc) is 2.72. The highest BCUT2D eigenvalue weighted by Crippen LogP contribution is 2.30. The standard InChI is InChI=1S/C20H30ClN5O/c21-18-6-7-19(24-23-18)26-12-8-15(9-13-26)20(27)22-14-16-4-3-11-25-10-2-1-5-17(16)25/h6-7,15-17H,1-5,8-14H2,(H,22,27)/t16-,17-/m0/s1. The number of carbonyl (C=O) groups excluding carboxylic acids is 1. The van der Waals surface area contributed by atoms with Crippen LogP contribution >= 0.6 is 11.6 Å². The molecular formula is C20H30ClN5O. The third kappa shape index (κ3) is 4.54. The second kappa shape index (κ2) is 8.74. The zero-order valence-corrected chi connectivity index (χ0v) is 16.7. The minimum absolute atomic E-state index is 0.118. The summed E-state index contributed by atoms with van der Waals surface area (Å²) in [6.45, 7) is 5.04. The van der Waals surface area contributed by atoms with Gasteiger partial charge in [-0.25, -0.2) is 0 Å². The lowest BCUT2D eigenvalue weighted by molar-refractivity contribution is -0.126. The number of rotatable bonds is 4. The van der Waals surface area contributed by atoms with Crippen molar-refractivity contribution in [3.63, 3.8) is 0 Å². The van der Waals surface area contributed by atoms with Crippen molar-refractivity contribution in [2.75, 3.05) is 37.6 Å². The summed E-state index contributed by atoms with van der Waals surface area (Å²) in [6, 6.07) is 4.36. The molecular weight excluding hydrogens is 362 g/mol. The number of amides is 1. The van der Waals surface area contributed by atoms with Gasteiger partial charge < -0.3 is 15.1 Å². The van der Waals surface area contributed by atoms with Gasteiger partial charge in [0.15, 0.2) is 11.0 Å². The smallest absolute Gasteiger partial charge is 0.223 e. The Bertz CT molecular complexity index is 630. The largest absolute Gasteiger partial charge is 0.356 e. The highest BCUT2D eigenvalue weighted by molar-refractivity contribution is 6.29. The lowest BCUT2D eigenvalue weighted by Gasteiger charge is -2.44. The predicted octanol–water partition coefficient (Wildman–Crippen LogP) is 2.73. The molecule has 0 radical (unpaired) electrons. The first-order valence-electron chi connectivity index (χ1n) is 10.5. The fraction of sp³-hybridized carbons (Fsp3) is 0.750. The van der Waals surface area contributed by atoms with Crippen LogP contribution in [-0.2, 0) is 4.79 Å². The fourth-order valence-corrected chi connectivity index (χ4v) is 5.14. The van der Waals surface area contributed by atoms with Crippen LogP contribution in [0.4, 0.5) is 5.82 Å². The van der Waals surface area contributed by atoms with E-state index in [0.29, 0.717) is 17.1 Å². The van der Waals surface area contributed by atoms with Gasteiger partial charge in [-0.15, -0.1) is 10.2 Å². The molecule has 0 saturated carbocycles. The summed E-state index contributed by atoms with van der Waals surface area (Å²) in [6.07, 6.45) is 8.27. The molecule has 0 spiro atoms. The van der Waals surface area contributed by atoms with Crippen molar-refractivity contribution in [2.24, 2.45) is 11.8 Å². The Morgan fingerprint density at radius 3 is 2.63 bits per heavy atom. The molecule has 1 N–H and O–H groups in total. The quantitative estimate of drug-likeness (QED) is 0.855. The molecule has 1 amide bonds. The first-order chi connectivity index (χ1) is 13.2. The van der Waals surface area contributed by atoms with Crippen molar-refractivity contribution >= 4 is 23.3 Å². The van der Waals surface area contributed by atoms with Crippen molar-refractivity contribution < 1.29 is 4.79 Å². The number of nitrogens with one attached hydrogen (secondary N) is 1. The van der Waals surface area contributed by atoms with Gasteiger partial charge in [0.1, 0.15) is 0 Å². The topological polar surface area (TPSA) is 61.4 Å². The third-order valence-electron chi connectivity index (χ3n) is 6.57. The predicted molar refractivity (Wildman–Crippen MR) is 107 cm³/mol. The number of aromatic nitrogens is 2. The maximum atomic E-state index is 12.7. The van der Waals surface area contributed by atoms with Gasteiger partial charge in [-0.05, 0) is 69.7 Å². The molecule has 148 valence electrons. The van der Waals surface area contributed by atoms with E-state index in [-0.39, 0.29) is 11.8 Å². The Kier molecular flexibility index (Phi) is 6.13. The number of halogens is 1. The van der Waals surface area contributed by atoms with Crippen LogP contribution in [0.15, 0.2) is 12.1 Å². The van der Waals surface area contributed by atoms with Gasteiger partial charge in [0.2, 0.25) is 5.91 Å². The molecule has 27 heavy (non-hydrogen) atoms. The average molecular weight is 392 g/mol. The van der Waals surface area contributed by atoms with E-state index in [0.717, 1.165) is 38.3 Å². The van der Waals surface area contributed by atoms with Crippen molar-refractivity contribution in [3.05, 3.63) is 17.3 Å². The molecule has 6 nitrogen and oxygen atoms in total. The minimum atomic E-state index is 0.118. The maximum absolute atomic E-state index is 12.7. The molecule has 2 atom stereocenters. The van der Waals surface area contributed by atoms with Gasteiger partial charge in [-0.3, -0.25) is 4.79 Å². The van der Waals surface area contributed by atoms with Crippen LogP contribution in [0.25, 0.3) is 0 Å². The zero-order valence-electron chi connectivity index (χ0n) is 15.9. The van der Waals surface area contributed by atoms with Gasteiger partial charge in [0.05, 0.1) is 0 Å². The van der Waals surface area contributed by atoms with Crippen LogP contribution in [0.1, 0.15) is 44.9 Å². The Balaban J connectivity index is 1.24. The normalized spacial score (nSPS) is 27.2. The number of carbonyl (C=O) groups is 1. The molecule has 0 unspecified atom stereocenters. The minimum Gasteiger partial charge on any atom is -0.356 e. The van der Waals surface area contributed by atoms with Crippen molar-refractivity contribution in [2.45, 2.75) is 51.0 Å². The summed E-state index contributed by atoms with van der Waals surface area (Å²) in [5.74, 6) is 1.84. The van der Waals surface area contributed by atoms with Crippen molar-refractivity contribution in [1.29, 1.82) is 0 Å². The second-order valence-corrected chi connectivity index (χ2v) is 8.61. The van der Waals surface area contributed by atoms with Crippen molar-refractivity contribution in [1.82, 2.24) is 20.4 Å². The van der Waals surface area contributed by atoms with Crippen LogP contribution in [0.2, 0.25) is 5.15 Å². The first kappa shape index (κ1) is 18.9. The molecule has 3 aliphatic rings. The van der Waals surface area contributed by atoms with Crippen LogP contribution in [0.5, 0.6) is 0 Å². The van der Waals surface area contributed by atoms with E-state index < -0.39 is 0 Å². The van der Waals surface area contributed by atoms with Crippen LogP contribution in [-0.4, -0.2) is 59.8 Å². The molecule has 0 aliphatic carbocycles. The maximum Gasteiger partial charge on any atom is 0.223 e. The molecule has 4 rings (SSSR count). The van der Waals surface area contributed by atoms with Crippen LogP contribution < -0.4 is 10.2 Å². The molecule has 1 aromatic rings. The van der Waals surface area contributed by atoms with Gasteiger partial charge in [-0.2, -0.15) is 0 Å². The third-order valence-corrected chi connectivity index (χ3v) is 6.78. The number of anilines is 1. The number of hydrogen-bond acceptors (Lipinski definition) is 5. The Labute approximate surface area is 166 Å². The van der Waals surface area contributed by atoms with E-state index >= 15 is 0 Å². The molecule has 1 aromatic heterocycles. The van der Waals surface area contributed by atoms with E-state index in [1.54, 1.807) is 6.07 Å². The molecule has 7 heteroatoms. The highest BCUT2D eigenvalue weighted by atomic mass is 35.5. The Morgan fingerprint density at radius 2 is 1.85 bits per heavy atom. The lowest BCUT2D eigenvalue weighted by Crippen LogP contribution is -2.51. The fourth-order valence-electron chi connectivity index (χ4n) is 5.04. The molecule has 0 aromatic carbocycles. The van der Waals surface area contributed by atoms with E-state index in [9.17, 15) is 4.79 Å². The number of hydrogen-bond donors (Lipinski definition) is 1. The number of nitrogens with zero attached hydrogens (tertiary/aromatic N) is 4. The summed E-state index contributed by atoms with van der Waals surface area (Å²) in [5.41, 5.74) is 0. The SMILES string of the molecule is O=C(NC[C@@H]1CCCN2CCCC[C@@H]12)C1CCN(c2ccc(Cl)nn2)CC1. The first-order valence-corrected chi connectivity index (χ1v) is 10.8. The molecule has 0 bridgehead atoms. The summed E-state index contributed by atoms with van der Waals surface area (Å²) < 4.78 is 0. The summed E-state index contributed by atoms with van der Waals surface area (Å²) in [4.78, 5) is 17.6. The zero-order chi connectivity index (χ0) is 18.6. The molecule has 3 fully saturated rings. The van der Waals surface area contributed by atoms with Gasteiger partial charge >= 0.3 is 0 Å². The highest BCUT2D eigenvalue weighted by Gasteiger charge is 2.33. The number of fused-ring (bicyclic) bond motifs is 1. The van der Waals surface area contributed by atoms with E-state index in [1.165, 1.54) is 45.2 Å². The van der Waals surface area contributed by atoms with Gasteiger partial charge in [0.25, 0.3) is 0 Å². The Morgan fingerprint density at radius 1 is 1.04 bits per heavy atom. The van der Waals surface area contributed by atoms with Crippen LogP contribution in [0, 0.1) is 11.8 Å². The monoisotopic (exact) mass is 391 g/mol. The lowest BCUT2D eigenvalue weighted by atomic mass is 9.83. The van der Waals surface area contributed by atoms with E-state index in [1.807, 2.05) is 6.07 Å². The van der Waals surface area contributed by atoms with Crippen molar-refractivity contribution in [3.8, 4) is 0 Å². The Hall–Kier alpha value is -1.40. The van der Waals surface area contributed by atoms with E-state index in [4.69, 9.17) is 11.6 Å².